The second kappa shape index (κ2) is 8.35. The Kier molecular flexibility index (Phi) is 5.92. The quantitative estimate of drug-likeness (QED) is 0.362. The molecule has 3 aromatic heterocycles. The van der Waals surface area contributed by atoms with E-state index in [-0.39, 0.29) is 11.5 Å². The number of aryl methyl sites for hydroxylation is 1. The zero-order chi connectivity index (χ0) is 18.5. The van der Waals surface area contributed by atoms with Gasteiger partial charge in [0, 0.05) is 11.1 Å². The zero-order valence-corrected chi connectivity index (χ0v) is 15.6. The number of carbonyl (C=O) groups excluding carboxylic acids is 2. The maximum absolute atomic E-state index is 12.4. The van der Waals surface area contributed by atoms with Crippen molar-refractivity contribution in [1.29, 1.82) is 0 Å². The van der Waals surface area contributed by atoms with Gasteiger partial charge in [0.25, 0.3) is 0 Å². The summed E-state index contributed by atoms with van der Waals surface area (Å²) in [4.78, 5) is 38.0. The lowest BCUT2D eigenvalue weighted by molar-refractivity contribution is -0.123. The molecule has 3 aromatic rings. The number of thiophene rings is 1. The predicted octanol–water partition coefficient (Wildman–Crippen LogP) is 1.98. The maximum atomic E-state index is 12.4. The van der Waals surface area contributed by atoms with Crippen LogP contribution in [0.2, 0.25) is 0 Å². The summed E-state index contributed by atoms with van der Waals surface area (Å²) in [5.41, 5.74) is 1.45. The Hall–Kier alpha value is -2.36. The Morgan fingerprint density at radius 3 is 2.92 bits per heavy atom. The first kappa shape index (κ1) is 18.4. The van der Waals surface area contributed by atoms with Crippen molar-refractivity contribution in [2.75, 3.05) is 12.4 Å². The van der Waals surface area contributed by atoms with Gasteiger partial charge in [0.2, 0.25) is 5.91 Å². The fourth-order valence-corrected chi connectivity index (χ4v) is 4.11. The van der Waals surface area contributed by atoms with Crippen LogP contribution in [-0.2, 0) is 11.3 Å². The molecule has 0 unspecified atom stereocenters. The van der Waals surface area contributed by atoms with Crippen LogP contribution in [0, 0.1) is 6.92 Å². The molecule has 0 radical (unpaired) electrons. The second-order valence-electron chi connectivity index (χ2n) is 5.36. The fourth-order valence-electron chi connectivity index (χ4n) is 2.22. The van der Waals surface area contributed by atoms with Gasteiger partial charge in [-0.15, -0.1) is 11.3 Å². The predicted molar refractivity (Wildman–Crippen MR) is 100 cm³/mol. The first-order chi connectivity index (χ1) is 12.6. The molecule has 3 heterocycles. The zero-order valence-electron chi connectivity index (χ0n) is 13.9. The molecule has 0 saturated heterocycles. The largest absolute Gasteiger partial charge is 0.387 e. The molecule has 1 amide bonds. The average Bonchev–Trinajstić information content (AvgIpc) is 3.12. The highest BCUT2D eigenvalue weighted by Gasteiger charge is 2.13. The molecule has 0 spiro atoms. The molecule has 7 nitrogen and oxygen atoms in total. The summed E-state index contributed by atoms with van der Waals surface area (Å²) >= 11 is 2.67. The molecule has 9 heteroatoms. The summed E-state index contributed by atoms with van der Waals surface area (Å²) in [5.74, 6) is 0.421. The topological polar surface area (TPSA) is 105 Å². The van der Waals surface area contributed by atoms with E-state index in [0.717, 1.165) is 10.4 Å². The van der Waals surface area contributed by atoms with Crippen molar-refractivity contribution in [3.05, 3.63) is 46.0 Å². The summed E-state index contributed by atoms with van der Waals surface area (Å²) in [6.45, 7) is 1.56. The van der Waals surface area contributed by atoms with Crippen LogP contribution in [0.15, 0.2) is 35.5 Å². The molecule has 0 aliphatic heterocycles. The standard InChI is InChI=1S/C17H16N4O3S2/c1-10-20-12-3-2-6-18-16(12)17(21-10)25-9-13(23)14-5-4-11(26-14)7-19-15(24)8-22/h2-6,22H,7-9H2,1H3,(H,19,24). The number of carbonyl (C=O) groups is 2. The lowest BCUT2D eigenvalue weighted by atomic mass is 10.3. The molecular weight excluding hydrogens is 372 g/mol. The van der Waals surface area contributed by atoms with E-state index in [1.165, 1.54) is 23.1 Å². The summed E-state index contributed by atoms with van der Waals surface area (Å²) in [6, 6.07) is 7.23. The monoisotopic (exact) mass is 388 g/mol. The number of aliphatic hydroxyl groups is 1. The number of Topliss-reactive ketones (excluding diaryl/α,β-unsaturated/α-hetero) is 1. The SMILES string of the molecule is Cc1nc(SCC(=O)c2ccc(CNC(=O)CO)s2)c2ncccc2n1. The van der Waals surface area contributed by atoms with Crippen LogP contribution in [0.5, 0.6) is 0 Å². The van der Waals surface area contributed by atoms with Crippen molar-refractivity contribution < 1.29 is 14.7 Å². The first-order valence-corrected chi connectivity index (χ1v) is 9.58. The van der Waals surface area contributed by atoms with Crippen LogP contribution in [0.3, 0.4) is 0 Å². The lowest BCUT2D eigenvalue weighted by Crippen LogP contribution is -2.25. The number of nitrogens with zero attached hydrogens (tertiary/aromatic N) is 3. The number of nitrogens with one attached hydrogen (secondary N) is 1. The molecule has 134 valence electrons. The average molecular weight is 388 g/mol. The van der Waals surface area contributed by atoms with Gasteiger partial charge in [0.1, 0.15) is 23.0 Å². The normalized spacial score (nSPS) is 10.8. The molecule has 0 saturated carbocycles. The minimum absolute atomic E-state index is 0.0138. The van der Waals surface area contributed by atoms with Crippen molar-refractivity contribution in [3.63, 3.8) is 0 Å². The number of hydrogen-bond donors (Lipinski definition) is 2. The first-order valence-electron chi connectivity index (χ1n) is 7.78. The third-order valence-corrected chi connectivity index (χ3v) is 5.51. The number of rotatable bonds is 7. The van der Waals surface area contributed by atoms with E-state index in [0.29, 0.717) is 27.8 Å². The summed E-state index contributed by atoms with van der Waals surface area (Å²) in [6.07, 6.45) is 1.68. The fraction of sp³-hybridized carbons (Fsp3) is 0.235. The molecule has 0 aliphatic rings. The molecule has 0 aliphatic carbocycles. The van der Waals surface area contributed by atoms with Crippen LogP contribution in [-0.4, -0.2) is 44.1 Å². The van der Waals surface area contributed by atoms with Gasteiger partial charge in [0.15, 0.2) is 5.78 Å². The van der Waals surface area contributed by atoms with E-state index in [4.69, 9.17) is 5.11 Å². The number of aliphatic hydroxyl groups excluding tert-OH is 1. The highest BCUT2D eigenvalue weighted by atomic mass is 32.2. The van der Waals surface area contributed by atoms with Crippen LogP contribution < -0.4 is 5.32 Å². The Labute approximate surface area is 157 Å². The molecule has 0 atom stereocenters. The Morgan fingerprint density at radius 2 is 2.12 bits per heavy atom. The van der Waals surface area contributed by atoms with E-state index < -0.39 is 12.5 Å². The van der Waals surface area contributed by atoms with Crippen molar-refractivity contribution in [2.24, 2.45) is 0 Å². The number of ketones is 1. The van der Waals surface area contributed by atoms with Gasteiger partial charge in [-0.2, -0.15) is 0 Å². The Morgan fingerprint density at radius 1 is 1.27 bits per heavy atom. The minimum atomic E-state index is -0.547. The van der Waals surface area contributed by atoms with Crippen molar-refractivity contribution in [3.8, 4) is 0 Å². The highest BCUT2D eigenvalue weighted by molar-refractivity contribution is 8.00. The Balaban J connectivity index is 1.66. The van der Waals surface area contributed by atoms with E-state index >= 15 is 0 Å². The van der Waals surface area contributed by atoms with E-state index in [2.05, 4.69) is 20.3 Å². The summed E-state index contributed by atoms with van der Waals surface area (Å²) in [5, 5.41) is 12.0. The smallest absolute Gasteiger partial charge is 0.246 e. The van der Waals surface area contributed by atoms with E-state index in [1.807, 2.05) is 19.1 Å². The molecule has 2 N–H and O–H groups in total. The van der Waals surface area contributed by atoms with Crippen molar-refractivity contribution in [1.82, 2.24) is 20.3 Å². The summed E-state index contributed by atoms with van der Waals surface area (Å²) in [7, 11) is 0. The number of fused-ring (bicyclic) bond motifs is 1. The van der Waals surface area contributed by atoms with Crippen LogP contribution in [0.1, 0.15) is 20.4 Å². The molecule has 0 fully saturated rings. The number of aromatic nitrogens is 3. The van der Waals surface area contributed by atoms with Crippen LogP contribution >= 0.6 is 23.1 Å². The lowest BCUT2D eigenvalue weighted by Gasteiger charge is -2.04. The molecule has 0 aromatic carbocycles. The van der Waals surface area contributed by atoms with E-state index in [9.17, 15) is 9.59 Å². The van der Waals surface area contributed by atoms with Crippen LogP contribution in [0.4, 0.5) is 0 Å². The van der Waals surface area contributed by atoms with Gasteiger partial charge in [-0.3, -0.25) is 14.6 Å². The van der Waals surface area contributed by atoms with E-state index in [1.54, 1.807) is 18.3 Å². The number of amides is 1. The maximum Gasteiger partial charge on any atom is 0.246 e. The number of thioether (sulfide) groups is 1. The van der Waals surface area contributed by atoms with Crippen molar-refractivity contribution >= 4 is 45.8 Å². The van der Waals surface area contributed by atoms with Gasteiger partial charge in [-0.1, -0.05) is 11.8 Å². The van der Waals surface area contributed by atoms with Gasteiger partial charge < -0.3 is 10.4 Å². The van der Waals surface area contributed by atoms with Gasteiger partial charge in [0.05, 0.1) is 22.7 Å². The third-order valence-electron chi connectivity index (χ3n) is 3.41. The van der Waals surface area contributed by atoms with Gasteiger partial charge in [-0.25, -0.2) is 9.97 Å². The van der Waals surface area contributed by atoms with Gasteiger partial charge >= 0.3 is 0 Å². The molecule has 3 rings (SSSR count). The number of hydrogen-bond acceptors (Lipinski definition) is 8. The third kappa shape index (κ3) is 4.43. The van der Waals surface area contributed by atoms with Gasteiger partial charge in [-0.05, 0) is 31.2 Å². The Bertz CT molecular complexity index is 958. The second-order valence-corrected chi connectivity index (χ2v) is 7.49. The van der Waals surface area contributed by atoms with Crippen LogP contribution in [0.25, 0.3) is 11.0 Å². The molecule has 26 heavy (non-hydrogen) atoms. The minimum Gasteiger partial charge on any atom is -0.387 e. The highest BCUT2D eigenvalue weighted by Crippen LogP contribution is 2.25. The summed E-state index contributed by atoms with van der Waals surface area (Å²) < 4.78 is 0. The number of pyridine rings is 1. The van der Waals surface area contributed by atoms with Crippen molar-refractivity contribution in [2.45, 2.75) is 18.5 Å². The molecular formula is C17H16N4O3S2. The molecule has 0 bridgehead atoms.